The minimum atomic E-state index is -0.307. The smallest absolute Gasteiger partial charge is 0.237 e. The molecular weight excluding hydrogens is 264 g/mol. The van der Waals surface area contributed by atoms with Crippen LogP contribution in [0.1, 0.15) is 73.1 Å². The number of likely N-dealkylation sites (tertiary alicyclic amines) is 1. The fraction of sp³-hybridized carbons (Fsp3) is 0.941. The van der Waals surface area contributed by atoms with Gasteiger partial charge in [-0.25, -0.2) is 0 Å². The molecule has 3 unspecified atom stereocenters. The quantitative estimate of drug-likeness (QED) is 0.793. The van der Waals surface area contributed by atoms with Crippen LogP contribution in [0.5, 0.6) is 0 Å². The molecule has 21 heavy (non-hydrogen) atoms. The molecule has 0 radical (unpaired) electrons. The number of hydrogen-bond donors (Lipinski definition) is 2. The van der Waals surface area contributed by atoms with Crippen LogP contribution in [0.2, 0.25) is 0 Å². The van der Waals surface area contributed by atoms with E-state index in [1.807, 2.05) is 13.8 Å². The summed E-state index contributed by atoms with van der Waals surface area (Å²) in [6.45, 7) is 11.0. The molecule has 124 valence electrons. The van der Waals surface area contributed by atoms with Crippen molar-refractivity contribution >= 4 is 5.91 Å². The Balaban J connectivity index is 2.74. The third kappa shape index (κ3) is 5.95. The molecule has 4 nitrogen and oxygen atoms in total. The zero-order valence-corrected chi connectivity index (χ0v) is 14.5. The zero-order valence-electron chi connectivity index (χ0n) is 14.5. The number of carbonyl (C=O) groups excluding carboxylic acids is 1. The van der Waals surface area contributed by atoms with E-state index in [1.165, 1.54) is 12.8 Å². The second kappa shape index (κ2) is 8.14. The van der Waals surface area contributed by atoms with Gasteiger partial charge in [0.05, 0.1) is 12.1 Å². The van der Waals surface area contributed by atoms with E-state index in [9.17, 15) is 9.90 Å². The molecule has 1 aliphatic rings. The predicted octanol–water partition coefficient (Wildman–Crippen LogP) is 2.70. The molecule has 0 aliphatic carbocycles. The Bertz CT molecular complexity index is 329. The molecule has 1 amide bonds. The molecule has 3 atom stereocenters. The van der Waals surface area contributed by atoms with Gasteiger partial charge in [-0.15, -0.1) is 0 Å². The van der Waals surface area contributed by atoms with E-state index < -0.39 is 0 Å². The topological polar surface area (TPSA) is 52.6 Å². The number of aliphatic hydroxyl groups excluding tert-OH is 1. The van der Waals surface area contributed by atoms with Gasteiger partial charge in [0.15, 0.2) is 0 Å². The summed E-state index contributed by atoms with van der Waals surface area (Å²) in [4.78, 5) is 14.9. The molecule has 0 bridgehead atoms. The lowest BCUT2D eigenvalue weighted by atomic mass is 10.00. The first-order valence-electron chi connectivity index (χ1n) is 8.52. The van der Waals surface area contributed by atoms with Crippen molar-refractivity contribution in [2.24, 2.45) is 0 Å². The number of carbonyl (C=O) groups is 1. The first-order valence-corrected chi connectivity index (χ1v) is 8.52. The summed E-state index contributed by atoms with van der Waals surface area (Å²) in [5, 5.41) is 12.9. The number of nitrogens with one attached hydrogen (secondary N) is 1. The minimum absolute atomic E-state index is 0.111. The van der Waals surface area contributed by atoms with Crippen LogP contribution in [0, 0.1) is 0 Å². The van der Waals surface area contributed by atoms with Gasteiger partial charge in [0.25, 0.3) is 0 Å². The summed E-state index contributed by atoms with van der Waals surface area (Å²) in [6.07, 6.45) is 6.02. The Hall–Kier alpha value is -0.610. The van der Waals surface area contributed by atoms with Crippen LogP contribution in [0.3, 0.4) is 0 Å². The van der Waals surface area contributed by atoms with Gasteiger partial charge in [-0.3, -0.25) is 9.69 Å². The molecule has 4 heteroatoms. The minimum Gasteiger partial charge on any atom is -0.393 e. The number of amides is 1. The highest BCUT2D eigenvalue weighted by atomic mass is 16.3. The summed E-state index contributed by atoms with van der Waals surface area (Å²) >= 11 is 0. The van der Waals surface area contributed by atoms with Crippen molar-refractivity contribution in [3.05, 3.63) is 0 Å². The van der Waals surface area contributed by atoms with Gasteiger partial charge in [0.2, 0.25) is 5.91 Å². The maximum absolute atomic E-state index is 12.5. The summed E-state index contributed by atoms with van der Waals surface area (Å²) in [7, 11) is 0. The molecule has 1 aliphatic heterocycles. The first kappa shape index (κ1) is 18.4. The highest BCUT2D eigenvalue weighted by Gasteiger charge is 2.31. The Morgan fingerprint density at radius 3 is 2.57 bits per heavy atom. The maximum Gasteiger partial charge on any atom is 0.237 e. The third-order valence-electron chi connectivity index (χ3n) is 4.76. The summed E-state index contributed by atoms with van der Waals surface area (Å²) in [6, 6.07) is 0.190. The lowest BCUT2D eigenvalue weighted by molar-refractivity contribution is -0.128. The largest absolute Gasteiger partial charge is 0.393 e. The summed E-state index contributed by atoms with van der Waals surface area (Å²) in [5.41, 5.74) is -0.156. The van der Waals surface area contributed by atoms with Crippen LogP contribution in [0.15, 0.2) is 0 Å². The van der Waals surface area contributed by atoms with E-state index >= 15 is 0 Å². The number of hydrogen-bond acceptors (Lipinski definition) is 3. The molecule has 0 aromatic heterocycles. The average Bonchev–Trinajstić information content (AvgIpc) is 2.62. The molecule has 1 fully saturated rings. The number of aliphatic hydroxyl groups is 1. The van der Waals surface area contributed by atoms with Crippen molar-refractivity contribution in [2.45, 2.75) is 96.9 Å². The molecule has 2 N–H and O–H groups in total. The summed E-state index contributed by atoms with van der Waals surface area (Å²) < 4.78 is 0. The lowest BCUT2D eigenvalue weighted by Gasteiger charge is -2.37. The molecule has 1 heterocycles. The highest BCUT2D eigenvalue weighted by Crippen LogP contribution is 2.23. The third-order valence-corrected chi connectivity index (χ3v) is 4.76. The Labute approximate surface area is 130 Å². The van der Waals surface area contributed by atoms with Gasteiger partial charge in [-0.05, 0) is 59.9 Å². The fourth-order valence-electron chi connectivity index (χ4n) is 3.03. The fourth-order valence-corrected chi connectivity index (χ4v) is 3.03. The monoisotopic (exact) mass is 298 g/mol. The van der Waals surface area contributed by atoms with Gasteiger partial charge in [-0.2, -0.15) is 0 Å². The second-order valence-electron chi connectivity index (χ2n) is 7.23. The SMILES string of the molecule is CCC(C)(C)NC(=O)C(C)N1CCCCCC1CC(C)O. The molecule has 1 saturated heterocycles. The van der Waals surface area contributed by atoms with Crippen molar-refractivity contribution in [1.29, 1.82) is 0 Å². The van der Waals surface area contributed by atoms with Gasteiger partial charge in [0, 0.05) is 11.6 Å². The molecular formula is C17H34N2O2. The maximum atomic E-state index is 12.5. The number of rotatable bonds is 6. The molecule has 0 saturated carbocycles. The number of nitrogens with zero attached hydrogens (tertiary/aromatic N) is 1. The van der Waals surface area contributed by atoms with Gasteiger partial charge in [-0.1, -0.05) is 19.8 Å². The normalized spacial score (nSPS) is 24.2. The van der Waals surface area contributed by atoms with Gasteiger partial charge < -0.3 is 10.4 Å². The summed E-state index contributed by atoms with van der Waals surface area (Å²) in [5.74, 6) is 0.111. The zero-order chi connectivity index (χ0) is 16.0. The van der Waals surface area contributed by atoms with E-state index in [2.05, 4.69) is 31.0 Å². The Morgan fingerprint density at radius 1 is 1.33 bits per heavy atom. The van der Waals surface area contributed by atoms with E-state index in [1.54, 1.807) is 0 Å². The van der Waals surface area contributed by atoms with E-state index in [0.29, 0.717) is 6.04 Å². The van der Waals surface area contributed by atoms with E-state index in [4.69, 9.17) is 0 Å². The Kier molecular flexibility index (Phi) is 7.14. The van der Waals surface area contributed by atoms with Crippen LogP contribution >= 0.6 is 0 Å². The molecule has 0 spiro atoms. The van der Waals surface area contributed by atoms with E-state index in [-0.39, 0.29) is 23.6 Å². The van der Waals surface area contributed by atoms with Gasteiger partial charge >= 0.3 is 0 Å². The van der Waals surface area contributed by atoms with Crippen molar-refractivity contribution < 1.29 is 9.90 Å². The lowest BCUT2D eigenvalue weighted by Crippen LogP contribution is -2.54. The van der Waals surface area contributed by atoms with Crippen LogP contribution < -0.4 is 5.32 Å². The Morgan fingerprint density at radius 2 is 2.00 bits per heavy atom. The molecule has 0 aromatic carbocycles. The second-order valence-corrected chi connectivity index (χ2v) is 7.23. The average molecular weight is 298 g/mol. The van der Waals surface area contributed by atoms with Crippen molar-refractivity contribution in [3.8, 4) is 0 Å². The molecule has 1 rings (SSSR count). The van der Waals surface area contributed by atoms with Crippen LogP contribution in [-0.2, 0) is 4.79 Å². The van der Waals surface area contributed by atoms with Crippen LogP contribution in [0.25, 0.3) is 0 Å². The predicted molar refractivity (Wildman–Crippen MR) is 87.2 cm³/mol. The molecule has 0 aromatic rings. The van der Waals surface area contributed by atoms with Crippen molar-refractivity contribution in [1.82, 2.24) is 10.2 Å². The van der Waals surface area contributed by atoms with Crippen LogP contribution in [0.4, 0.5) is 0 Å². The van der Waals surface area contributed by atoms with Gasteiger partial charge in [0.1, 0.15) is 0 Å². The van der Waals surface area contributed by atoms with E-state index in [0.717, 1.165) is 32.2 Å². The first-order chi connectivity index (χ1) is 9.76. The van der Waals surface area contributed by atoms with Crippen molar-refractivity contribution in [3.63, 3.8) is 0 Å². The van der Waals surface area contributed by atoms with Crippen molar-refractivity contribution in [2.75, 3.05) is 6.54 Å². The van der Waals surface area contributed by atoms with Crippen LogP contribution in [-0.4, -0.2) is 46.2 Å². The highest BCUT2D eigenvalue weighted by molar-refractivity contribution is 5.82. The standard InChI is InChI=1S/C17H34N2O2/c1-6-17(4,5)18-16(21)14(3)19-11-9-7-8-10-15(19)12-13(2)20/h13-15,20H,6-12H2,1-5H3,(H,18,21).